The summed E-state index contributed by atoms with van der Waals surface area (Å²) in [7, 11) is 1.84. The fraction of sp³-hybridized carbons (Fsp3) is 0.688. The average Bonchev–Trinajstić information content (AvgIpc) is 3.14. The Labute approximate surface area is 145 Å². The van der Waals surface area contributed by atoms with E-state index in [0.29, 0.717) is 0 Å². The highest BCUT2D eigenvalue weighted by Gasteiger charge is 2.13. The SMILES string of the molecule is CN=C(NCCCC1CCCC1)NCCn1cccc1.I. The van der Waals surface area contributed by atoms with Crippen LogP contribution in [0, 0.1) is 5.92 Å². The van der Waals surface area contributed by atoms with E-state index in [0.717, 1.165) is 31.5 Å². The van der Waals surface area contributed by atoms with Crippen LogP contribution >= 0.6 is 24.0 Å². The predicted octanol–water partition coefficient (Wildman–Crippen LogP) is 3.24. The quantitative estimate of drug-likeness (QED) is 0.317. The predicted molar refractivity (Wildman–Crippen MR) is 100 cm³/mol. The molecule has 0 bridgehead atoms. The molecule has 1 saturated carbocycles. The number of aromatic nitrogens is 1. The number of hydrogen-bond acceptors (Lipinski definition) is 1. The van der Waals surface area contributed by atoms with Crippen molar-refractivity contribution in [3.8, 4) is 0 Å². The van der Waals surface area contributed by atoms with Gasteiger partial charge in [0, 0.05) is 39.1 Å². The van der Waals surface area contributed by atoms with Crippen LogP contribution in [0.25, 0.3) is 0 Å². The average molecular weight is 404 g/mol. The van der Waals surface area contributed by atoms with Crippen LogP contribution in [0.5, 0.6) is 0 Å². The zero-order valence-corrected chi connectivity index (χ0v) is 15.4. The first-order valence-electron chi connectivity index (χ1n) is 7.94. The minimum Gasteiger partial charge on any atom is -0.356 e. The molecule has 1 aliphatic carbocycles. The first-order valence-corrected chi connectivity index (χ1v) is 7.94. The van der Waals surface area contributed by atoms with E-state index >= 15 is 0 Å². The Kier molecular flexibility index (Phi) is 9.54. The van der Waals surface area contributed by atoms with Gasteiger partial charge in [0.1, 0.15) is 0 Å². The molecule has 1 aliphatic rings. The van der Waals surface area contributed by atoms with Gasteiger partial charge in [-0.25, -0.2) is 0 Å². The molecule has 1 fully saturated rings. The number of nitrogens with zero attached hydrogens (tertiary/aromatic N) is 2. The van der Waals surface area contributed by atoms with Crippen LogP contribution in [0.15, 0.2) is 29.5 Å². The third-order valence-corrected chi connectivity index (χ3v) is 4.11. The van der Waals surface area contributed by atoms with Gasteiger partial charge in [-0.3, -0.25) is 4.99 Å². The summed E-state index contributed by atoms with van der Waals surface area (Å²) < 4.78 is 2.17. The van der Waals surface area contributed by atoms with Crippen LogP contribution < -0.4 is 10.6 Å². The van der Waals surface area contributed by atoms with Crippen molar-refractivity contribution in [3.05, 3.63) is 24.5 Å². The maximum atomic E-state index is 4.26. The van der Waals surface area contributed by atoms with Gasteiger partial charge in [-0.05, 0) is 30.9 Å². The van der Waals surface area contributed by atoms with Crippen molar-refractivity contribution >= 4 is 29.9 Å². The van der Waals surface area contributed by atoms with Gasteiger partial charge in [-0.1, -0.05) is 25.7 Å². The van der Waals surface area contributed by atoms with Gasteiger partial charge >= 0.3 is 0 Å². The highest BCUT2D eigenvalue weighted by Crippen LogP contribution is 2.28. The Hall–Kier alpha value is -0.720. The molecule has 21 heavy (non-hydrogen) atoms. The lowest BCUT2D eigenvalue weighted by molar-refractivity contribution is 0.481. The van der Waals surface area contributed by atoms with Crippen molar-refractivity contribution in [1.82, 2.24) is 15.2 Å². The topological polar surface area (TPSA) is 41.4 Å². The van der Waals surface area contributed by atoms with Gasteiger partial charge in [-0.2, -0.15) is 0 Å². The Bertz CT molecular complexity index is 383. The van der Waals surface area contributed by atoms with Crippen molar-refractivity contribution in [3.63, 3.8) is 0 Å². The lowest BCUT2D eigenvalue weighted by Gasteiger charge is -2.13. The van der Waals surface area contributed by atoms with E-state index in [1.54, 1.807) is 0 Å². The summed E-state index contributed by atoms with van der Waals surface area (Å²) in [6.07, 6.45) is 12.6. The van der Waals surface area contributed by atoms with E-state index in [2.05, 4.69) is 44.7 Å². The number of hydrogen-bond donors (Lipinski definition) is 2. The second-order valence-electron chi connectivity index (χ2n) is 5.64. The summed E-state index contributed by atoms with van der Waals surface area (Å²) >= 11 is 0. The van der Waals surface area contributed by atoms with Crippen LogP contribution in [0.4, 0.5) is 0 Å². The van der Waals surface area contributed by atoms with E-state index in [1.165, 1.54) is 38.5 Å². The summed E-state index contributed by atoms with van der Waals surface area (Å²) in [6, 6.07) is 4.10. The maximum absolute atomic E-state index is 4.26. The zero-order valence-electron chi connectivity index (χ0n) is 13.1. The molecule has 5 heteroatoms. The standard InChI is InChI=1S/C16H28N4.HI/c1-17-16(19-11-14-20-12-4-5-13-20)18-10-6-9-15-7-2-3-8-15;/h4-5,12-13,15H,2-3,6-11,14H2,1H3,(H2,17,18,19);1H. The zero-order chi connectivity index (χ0) is 14.0. The minimum absolute atomic E-state index is 0. The smallest absolute Gasteiger partial charge is 0.191 e. The Morgan fingerprint density at radius 3 is 2.48 bits per heavy atom. The molecule has 1 aromatic rings. The van der Waals surface area contributed by atoms with Crippen molar-refractivity contribution in [1.29, 1.82) is 0 Å². The molecular weight excluding hydrogens is 375 g/mol. The minimum atomic E-state index is 0. The van der Waals surface area contributed by atoms with Crippen LogP contribution in [-0.4, -0.2) is 30.7 Å². The molecule has 4 nitrogen and oxygen atoms in total. The van der Waals surface area contributed by atoms with Crippen molar-refractivity contribution in [2.45, 2.75) is 45.1 Å². The monoisotopic (exact) mass is 404 g/mol. The van der Waals surface area contributed by atoms with Crippen molar-refractivity contribution in [2.24, 2.45) is 10.9 Å². The summed E-state index contributed by atoms with van der Waals surface area (Å²) in [5.41, 5.74) is 0. The fourth-order valence-electron chi connectivity index (χ4n) is 2.94. The van der Waals surface area contributed by atoms with E-state index in [4.69, 9.17) is 0 Å². The summed E-state index contributed by atoms with van der Waals surface area (Å²) in [6.45, 7) is 2.90. The summed E-state index contributed by atoms with van der Waals surface area (Å²) in [5, 5.41) is 6.76. The first kappa shape index (κ1) is 18.3. The Balaban J connectivity index is 0.00000220. The largest absolute Gasteiger partial charge is 0.356 e. The number of nitrogens with one attached hydrogen (secondary N) is 2. The van der Waals surface area contributed by atoms with Gasteiger partial charge in [0.05, 0.1) is 0 Å². The molecule has 0 aromatic carbocycles. The molecule has 0 saturated heterocycles. The number of guanidine groups is 1. The maximum Gasteiger partial charge on any atom is 0.191 e. The van der Waals surface area contributed by atoms with E-state index in [1.807, 2.05) is 7.05 Å². The van der Waals surface area contributed by atoms with Gasteiger partial charge in [0.2, 0.25) is 0 Å². The molecule has 0 aliphatic heterocycles. The molecular formula is C16H29IN4. The van der Waals surface area contributed by atoms with Crippen molar-refractivity contribution < 1.29 is 0 Å². The first-order chi connectivity index (χ1) is 9.88. The van der Waals surface area contributed by atoms with E-state index in [9.17, 15) is 0 Å². The third kappa shape index (κ3) is 7.20. The highest BCUT2D eigenvalue weighted by molar-refractivity contribution is 14.0. The van der Waals surface area contributed by atoms with Gasteiger partial charge < -0.3 is 15.2 Å². The molecule has 0 spiro atoms. The van der Waals surface area contributed by atoms with Gasteiger partial charge in [-0.15, -0.1) is 24.0 Å². The lowest BCUT2D eigenvalue weighted by atomic mass is 10.0. The second-order valence-corrected chi connectivity index (χ2v) is 5.64. The molecule has 0 amide bonds. The Morgan fingerprint density at radius 1 is 1.14 bits per heavy atom. The van der Waals surface area contributed by atoms with Crippen LogP contribution in [0.1, 0.15) is 38.5 Å². The second kappa shape index (κ2) is 10.9. The fourth-order valence-corrected chi connectivity index (χ4v) is 2.94. The van der Waals surface area contributed by atoms with E-state index < -0.39 is 0 Å². The van der Waals surface area contributed by atoms with Gasteiger partial charge in [0.15, 0.2) is 5.96 Å². The Morgan fingerprint density at radius 2 is 1.81 bits per heavy atom. The van der Waals surface area contributed by atoms with Crippen molar-refractivity contribution in [2.75, 3.05) is 20.1 Å². The molecule has 2 N–H and O–H groups in total. The van der Waals surface area contributed by atoms with E-state index in [-0.39, 0.29) is 24.0 Å². The molecule has 0 radical (unpaired) electrons. The van der Waals surface area contributed by atoms with Crippen LogP contribution in [-0.2, 0) is 6.54 Å². The number of halogens is 1. The lowest BCUT2D eigenvalue weighted by Crippen LogP contribution is -2.39. The molecule has 120 valence electrons. The van der Waals surface area contributed by atoms with Crippen LogP contribution in [0.2, 0.25) is 0 Å². The normalized spacial score (nSPS) is 15.8. The molecule has 0 unspecified atom stereocenters. The molecule has 1 heterocycles. The third-order valence-electron chi connectivity index (χ3n) is 4.11. The number of aliphatic imine (C=N–C) groups is 1. The number of rotatable bonds is 7. The summed E-state index contributed by atoms with van der Waals surface area (Å²) in [5.74, 6) is 1.91. The summed E-state index contributed by atoms with van der Waals surface area (Å²) in [4.78, 5) is 4.26. The van der Waals surface area contributed by atoms with Crippen LogP contribution in [0.3, 0.4) is 0 Å². The van der Waals surface area contributed by atoms with Gasteiger partial charge in [0.25, 0.3) is 0 Å². The highest BCUT2D eigenvalue weighted by atomic mass is 127. The molecule has 1 aromatic heterocycles. The molecule has 2 rings (SSSR count). The molecule has 0 atom stereocenters.